The number of hydrogen-bond donors (Lipinski definition) is 3. The van der Waals surface area contributed by atoms with Gasteiger partial charge in [0.05, 0.1) is 26.4 Å². The molecule has 19 heteroatoms. The van der Waals surface area contributed by atoms with Crippen molar-refractivity contribution in [1.29, 1.82) is 0 Å². The Labute approximate surface area is 543 Å². The molecule has 0 amide bonds. The maximum Gasteiger partial charge on any atom is 0.472 e. The van der Waals surface area contributed by atoms with Gasteiger partial charge in [-0.3, -0.25) is 37.3 Å². The van der Waals surface area contributed by atoms with Gasteiger partial charge >= 0.3 is 39.5 Å². The molecule has 0 aromatic heterocycles. The first kappa shape index (κ1) is 87.1. The van der Waals surface area contributed by atoms with Crippen molar-refractivity contribution in [2.45, 2.75) is 369 Å². The van der Waals surface area contributed by atoms with Crippen molar-refractivity contribution < 1.29 is 80.2 Å². The van der Waals surface area contributed by atoms with E-state index in [9.17, 15) is 43.2 Å². The minimum absolute atomic E-state index is 0.103. The predicted molar refractivity (Wildman–Crippen MR) is 358 cm³/mol. The van der Waals surface area contributed by atoms with Gasteiger partial charge in [-0.15, -0.1) is 0 Å². The summed E-state index contributed by atoms with van der Waals surface area (Å²) < 4.78 is 68.1. The molecule has 0 heterocycles. The molecule has 89 heavy (non-hydrogen) atoms. The number of unbranched alkanes of at least 4 members (excludes halogenated alkanes) is 35. The number of rotatable bonds is 68. The van der Waals surface area contributed by atoms with Crippen LogP contribution in [0.1, 0.15) is 350 Å². The van der Waals surface area contributed by atoms with Gasteiger partial charge in [0.2, 0.25) is 0 Å². The third-order valence-corrected chi connectivity index (χ3v) is 18.4. The number of carbonyl (C=O) groups is 4. The Balaban J connectivity index is 5.20. The smallest absolute Gasteiger partial charge is 0.462 e. The molecule has 0 rings (SSSR count). The van der Waals surface area contributed by atoms with Crippen LogP contribution in [-0.4, -0.2) is 96.7 Å². The minimum Gasteiger partial charge on any atom is -0.462 e. The molecule has 0 saturated heterocycles. The lowest BCUT2D eigenvalue weighted by Crippen LogP contribution is -2.30. The Morgan fingerprint density at radius 3 is 0.854 bits per heavy atom. The lowest BCUT2D eigenvalue weighted by molar-refractivity contribution is -0.161. The van der Waals surface area contributed by atoms with Crippen LogP contribution in [0.15, 0.2) is 0 Å². The summed E-state index contributed by atoms with van der Waals surface area (Å²) in [4.78, 5) is 72.4. The highest BCUT2D eigenvalue weighted by molar-refractivity contribution is 7.47. The third-order valence-electron chi connectivity index (χ3n) is 16.5. The summed E-state index contributed by atoms with van der Waals surface area (Å²) in [5.74, 6) is 0.180. The van der Waals surface area contributed by atoms with E-state index in [4.69, 9.17) is 37.0 Å². The van der Waals surface area contributed by atoms with Gasteiger partial charge in [0.1, 0.15) is 19.3 Å². The molecule has 0 aromatic rings. The standard InChI is InChI=1S/C70H136O17P2/c1-8-10-11-12-27-37-44-51-67(72)80-57-65(87-70(75)54-47-40-33-26-29-35-42-49-62(5)6)59-84-88(76,77)82-55-64(71)56-83-89(78,79)85-60-66(58-81-68(73)52-45-38-31-24-21-17-18-22-28-34-41-48-61(3)4)86-69(74)53-46-39-32-25-20-16-14-13-15-19-23-30-36-43-50-63(7)9-2/h61-66,71H,8-60H2,1-7H3,(H,76,77)(H,78,79)/t63?,64-,65+,66+/m0/s1. The van der Waals surface area contributed by atoms with Gasteiger partial charge < -0.3 is 33.8 Å². The van der Waals surface area contributed by atoms with Crippen molar-refractivity contribution in [3.05, 3.63) is 0 Å². The van der Waals surface area contributed by atoms with Crippen molar-refractivity contribution in [3.8, 4) is 0 Å². The van der Waals surface area contributed by atoms with Crippen LogP contribution in [0, 0.1) is 17.8 Å². The van der Waals surface area contributed by atoms with E-state index in [0.29, 0.717) is 31.6 Å². The number of carbonyl (C=O) groups excluding carboxylic acids is 4. The molecule has 0 saturated carbocycles. The van der Waals surface area contributed by atoms with Gasteiger partial charge in [0, 0.05) is 25.7 Å². The third kappa shape index (κ3) is 63.2. The SMILES string of the molecule is CCCCCCCCCC(=O)OC[C@H](COP(=O)(O)OC[C@H](O)COP(=O)(O)OC[C@@H](COC(=O)CCCCCCCCCCCCCC(C)C)OC(=O)CCCCCCCCCCCCCCCCC(C)CC)OC(=O)CCCCCCCCCC(C)C. The zero-order valence-corrected chi connectivity index (χ0v) is 59.7. The van der Waals surface area contributed by atoms with Crippen LogP contribution in [0.3, 0.4) is 0 Å². The predicted octanol–water partition coefficient (Wildman–Crippen LogP) is 19.8. The molecule has 0 aromatic carbocycles. The van der Waals surface area contributed by atoms with Gasteiger partial charge in [0.15, 0.2) is 12.2 Å². The van der Waals surface area contributed by atoms with Crippen LogP contribution in [0.2, 0.25) is 0 Å². The summed E-state index contributed by atoms with van der Waals surface area (Å²) in [6.07, 6.45) is 44.6. The van der Waals surface area contributed by atoms with Crippen LogP contribution in [0.25, 0.3) is 0 Å². The molecule has 3 unspecified atom stereocenters. The quantitative estimate of drug-likeness (QED) is 0.0222. The van der Waals surface area contributed by atoms with Crippen molar-refractivity contribution in [2.24, 2.45) is 17.8 Å². The highest BCUT2D eigenvalue weighted by Gasteiger charge is 2.30. The number of phosphoric ester groups is 2. The summed E-state index contributed by atoms with van der Waals surface area (Å²) >= 11 is 0. The molecule has 0 fully saturated rings. The fourth-order valence-corrected chi connectivity index (χ4v) is 12.1. The van der Waals surface area contributed by atoms with Crippen LogP contribution in [0.4, 0.5) is 0 Å². The number of aliphatic hydroxyl groups excluding tert-OH is 1. The molecular formula is C70H136O17P2. The number of esters is 4. The maximum atomic E-state index is 13.0. The van der Waals surface area contributed by atoms with Crippen molar-refractivity contribution in [1.82, 2.24) is 0 Å². The first-order valence-electron chi connectivity index (χ1n) is 36.4. The fraction of sp³-hybridized carbons (Fsp3) is 0.943. The summed E-state index contributed by atoms with van der Waals surface area (Å²) in [5, 5.41) is 10.6. The number of aliphatic hydroxyl groups is 1. The molecule has 0 spiro atoms. The van der Waals surface area contributed by atoms with Gasteiger partial charge in [-0.1, -0.05) is 299 Å². The first-order chi connectivity index (χ1) is 42.8. The van der Waals surface area contributed by atoms with E-state index in [2.05, 4.69) is 48.5 Å². The summed E-state index contributed by atoms with van der Waals surface area (Å²) in [7, 11) is -9.90. The Bertz CT molecular complexity index is 1750. The Morgan fingerprint density at radius 2 is 0.573 bits per heavy atom. The Hall–Kier alpha value is -1.94. The van der Waals surface area contributed by atoms with Crippen LogP contribution >= 0.6 is 15.6 Å². The second-order valence-electron chi connectivity index (χ2n) is 26.5. The average Bonchev–Trinajstić information content (AvgIpc) is 3.68. The monoisotopic (exact) mass is 1310 g/mol. The Kier molecular flexibility index (Phi) is 59.6. The molecule has 0 aliphatic heterocycles. The van der Waals surface area contributed by atoms with Crippen molar-refractivity contribution in [2.75, 3.05) is 39.6 Å². The van der Waals surface area contributed by atoms with E-state index in [1.807, 2.05) is 0 Å². The zero-order chi connectivity index (χ0) is 65.9. The van der Waals surface area contributed by atoms with Crippen LogP contribution in [-0.2, 0) is 65.4 Å². The second kappa shape index (κ2) is 61.0. The Morgan fingerprint density at radius 1 is 0.326 bits per heavy atom. The van der Waals surface area contributed by atoms with Gasteiger partial charge in [-0.2, -0.15) is 0 Å². The van der Waals surface area contributed by atoms with E-state index >= 15 is 0 Å². The molecule has 0 radical (unpaired) electrons. The highest BCUT2D eigenvalue weighted by atomic mass is 31.2. The lowest BCUT2D eigenvalue weighted by atomic mass is 9.99. The summed E-state index contributed by atoms with van der Waals surface area (Å²) in [6, 6.07) is 0. The fourth-order valence-electron chi connectivity index (χ4n) is 10.5. The summed E-state index contributed by atoms with van der Waals surface area (Å²) in [5.41, 5.74) is 0. The van der Waals surface area contributed by atoms with Crippen molar-refractivity contribution >= 4 is 39.5 Å². The molecule has 0 aliphatic rings. The van der Waals surface area contributed by atoms with Crippen molar-refractivity contribution in [3.63, 3.8) is 0 Å². The topological polar surface area (TPSA) is 237 Å². The molecule has 0 bridgehead atoms. The molecule has 528 valence electrons. The summed E-state index contributed by atoms with van der Waals surface area (Å²) in [6.45, 7) is 11.8. The molecular weight excluding hydrogens is 1170 g/mol. The van der Waals surface area contributed by atoms with Gasteiger partial charge in [0.25, 0.3) is 0 Å². The normalized spacial score (nSPS) is 14.5. The average molecular weight is 1310 g/mol. The van der Waals surface area contributed by atoms with Gasteiger partial charge in [-0.05, 0) is 43.4 Å². The molecule has 3 N–H and O–H groups in total. The van der Waals surface area contributed by atoms with Crippen LogP contribution in [0.5, 0.6) is 0 Å². The van der Waals surface area contributed by atoms with E-state index < -0.39 is 97.5 Å². The van der Waals surface area contributed by atoms with E-state index in [-0.39, 0.29) is 25.7 Å². The highest BCUT2D eigenvalue weighted by Crippen LogP contribution is 2.45. The largest absolute Gasteiger partial charge is 0.472 e. The van der Waals surface area contributed by atoms with Crippen LogP contribution < -0.4 is 0 Å². The number of hydrogen-bond acceptors (Lipinski definition) is 15. The van der Waals surface area contributed by atoms with E-state index in [1.165, 1.54) is 148 Å². The molecule has 17 nitrogen and oxygen atoms in total. The zero-order valence-electron chi connectivity index (χ0n) is 57.9. The number of phosphoric acid groups is 2. The first-order valence-corrected chi connectivity index (χ1v) is 39.4. The molecule has 6 atom stereocenters. The van der Waals surface area contributed by atoms with E-state index in [1.54, 1.807) is 0 Å². The minimum atomic E-state index is -4.95. The molecule has 0 aliphatic carbocycles. The second-order valence-corrected chi connectivity index (χ2v) is 29.4. The maximum absolute atomic E-state index is 13.0. The number of ether oxygens (including phenoxy) is 4. The van der Waals surface area contributed by atoms with Gasteiger partial charge in [-0.25, -0.2) is 9.13 Å². The lowest BCUT2D eigenvalue weighted by Gasteiger charge is -2.21. The van der Waals surface area contributed by atoms with E-state index in [0.717, 1.165) is 115 Å².